The molecule has 188 valence electrons. The third-order valence-electron chi connectivity index (χ3n) is 6.66. The molecular formula is C28H38N4O2S. The Balaban J connectivity index is 1.19. The first-order valence-electron chi connectivity index (χ1n) is 12.8. The van der Waals surface area contributed by atoms with E-state index in [9.17, 15) is 4.79 Å². The molecule has 2 heterocycles. The zero-order valence-electron chi connectivity index (χ0n) is 21.4. The number of aromatic nitrogens is 1. The third-order valence-corrected chi connectivity index (χ3v) is 7.47. The van der Waals surface area contributed by atoms with Gasteiger partial charge >= 0.3 is 0 Å². The summed E-state index contributed by atoms with van der Waals surface area (Å²) in [5.74, 6) is 1.82. The standard InChI is InChI=1S/C28H38N4O2S/c1-20(2)22-8-7-9-23(21(3)4)27(22)30-26(33)12-13-31-14-16-32(17-15-31)18-19-35-28-29-24-10-5-6-11-25(24)34-28/h5-11,20-21H,12-19H2,1-4H3,(H,30,33). The van der Waals surface area contributed by atoms with E-state index in [0.717, 1.165) is 67.0 Å². The van der Waals surface area contributed by atoms with E-state index in [2.05, 4.69) is 66.0 Å². The van der Waals surface area contributed by atoms with E-state index in [4.69, 9.17) is 4.42 Å². The van der Waals surface area contributed by atoms with Gasteiger partial charge in [0.1, 0.15) is 5.52 Å². The number of piperazine rings is 1. The molecule has 0 saturated carbocycles. The number of oxazole rings is 1. The number of carbonyl (C=O) groups is 1. The van der Waals surface area contributed by atoms with Crippen LogP contribution in [0.2, 0.25) is 0 Å². The quantitative estimate of drug-likeness (QED) is 0.359. The van der Waals surface area contributed by atoms with Crippen LogP contribution in [0.3, 0.4) is 0 Å². The molecular weight excluding hydrogens is 456 g/mol. The molecule has 0 bridgehead atoms. The molecule has 1 aliphatic heterocycles. The molecule has 0 radical (unpaired) electrons. The van der Waals surface area contributed by atoms with Crippen LogP contribution in [0.25, 0.3) is 11.1 Å². The van der Waals surface area contributed by atoms with Gasteiger partial charge in [-0.05, 0) is 35.1 Å². The summed E-state index contributed by atoms with van der Waals surface area (Å²) >= 11 is 1.68. The van der Waals surface area contributed by atoms with Crippen LogP contribution in [0.15, 0.2) is 52.1 Å². The molecule has 7 heteroatoms. The van der Waals surface area contributed by atoms with Crippen molar-refractivity contribution in [3.63, 3.8) is 0 Å². The van der Waals surface area contributed by atoms with Gasteiger partial charge in [-0.3, -0.25) is 9.69 Å². The number of carbonyl (C=O) groups excluding carboxylic acids is 1. The lowest BCUT2D eigenvalue weighted by Crippen LogP contribution is -2.47. The number of anilines is 1. The summed E-state index contributed by atoms with van der Waals surface area (Å²) in [5.41, 5.74) is 5.22. The number of nitrogens with zero attached hydrogens (tertiary/aromatic N) is 3. The fourth-order valence-corrected chi connectivity index (χ4v) is 5.40. The maximum atomic E-state index is 12.8. The van der Waals surface area contributed by atoms with Crippen molar-refractivity contribution >= 4 is 34.5 Å². The van der Waals surface area contributed by atoms with Crippen LogP contribution < -0.4 is 5.32 Å². The second-order valence-electron chi connectivity index (χ2n) is 9.90. The van der Waals surface area contributed by atoms with Crippen LogP contribution in [-0.4, -0.2) is 65.7 Å². The summed E-state index contributed by atoms with van der Waals surface area (Å²) in [6, 6.07) is 14.3. The van der Waals surface area contributed by atoms with Crippen LogP contribution in [0.5, 0.6) is 0 Å². The number of hydrogen-bond donors (Lipinski definition) is 1. The molecule has 3 aromatic rings. The number of rotatable bonds is 10. The van der Waals surface area contributed by atoms with Crippen molar-refractivity contribution in [3.8, 4) is 0 Å². The molecule has 1 aliphatic rings. The van der Waals surface area contributed by atoms with Gasteiger partial charge in [-0.15, -0.1) is 0 Å². The van der Waals surface area contributed by atoms with Crippen LogP contribution in [-0.2, 0) is 4.79 Å². The molecule has 1 saturated heterocycles. The van der Waals surface area contributed by atoms with Gasteiger partial charge in [-0.1, -0.05) is 69.8 Å². The highest BCUT2D eigenvalue weighted by molar-refractivity contribution is 7.99. The van der Waals surface area contributed by atoms with E-state index >= 15 is 0 Å². The van der Waals surface area contributed by atoms with Crippen molar-refractivity contribution < 1.29 is 9.21 Å². The predicted molar refractivity (Wildman–Crippen MR) is 145 cm³/mol. The Hall–Kier alpha value is -2.35. The minimum atomic E-state index is 0.108. The molecule has 6 nitrogen and oxygen atoms in total. The van der Waals surface area contributed by atoms with Crippen molar-refractivity contribution in [3.05, 3.63) is 53.6 Å². The fraction of sp³-hybridized carbons (Fsp3) is 0.500. The van der Waals surface area contributed by atoms with Gasteiger partial charge in [-0.25, -0.2) is 4.98 Å². The number of benzene rings is 2. The summed E-state index contributed by atoms with van der Waals surface area (Å²) in [7, 11) is 0. The number of fused-ring (bicyclic) bond motifs is 1. The van der Waals surface area contributed by atoms with E-state index in [0.29, 0.717) is 18.3 Å². The van der Waals surface area contributed by atoms with Crippen LogP contribution >= 0.6 is 11.8 Å². The van der Waals surface area contributed by atoms with E-state index in [1.54, 1.807) is 11.8 Å². The van der Waals surface area contributed by atoms with Gasteiger partial charge in [0.05, 0.1) is 0 Å². The lowest BCUT2D eigenvalue weighted by atomic mass is 9.92. The largest absolute Gasteiger partial charge is 0.431 e. The lowest BCUT2D eigenvalue weighted by Gasteiger charge is -2.34. The highest BCUT2D eigenvalue weighted by Gasteiger charge is 2.19. The zero-order valence-corrected chi connectivity index (χ0v) is 22.2. The monoisotopic (exact) mass is 494 g/mol. The second-order valence-corrected chi connectivity index (χ2v) is 10.9. The molecule has 0 aliphatic carbocycles. The van der Waals surface area contributed by atoms with Crippen molar-refractivity contribution in [1.82, 2.24) is 14.8 Å². The third kappa shape index (κ3) is 6.87. The summed E-state index contributed by atoms with van der Waals surface area (Å²) in [6.07, 6.45) is 0.525. The van der Waals surface area contributed by atoms with Gasteiger partial charge in [0.25, 0.3) is 5.22 Å². The molecule has 4 rings (SSSR count). The lowest BCUT2D eigenvalue weighted by molar-refractivity contribution is -0.116. The topological polar surface area (TPSA) is 61.6 Å². The van der Waals surface area contributed by atoms with Gasteiger partial charge in [-0.2, -0.15) is 0 Å². The molecule has 1 N–H and O–H groups in total. The number of nitrogens with one attached hydrogen (secondary N) is 1. The van der Waals surface area contributed by atoms with Crippen molar-refractivity contribution in [2.75, 3.05) is 50.3 Å². The normalized spacial score (nSPS) is 15.4. The Morgan fingerprint density at radius 1 is 0.943 bits per heavy atom. The first kappa shape index (κ1) is 25.7. The molecule has 35 heavy (non-hydrogen) atoms. The second kappa shape index (κ2) is 12.1. The van der Waals surface area contributed by atoms with Gasteiger partial charge in [0.15, 0.2) is 5.58 Å². The summed E-state index contributed by atoms with van der Waals surface area (Å²) < 4.78 is 5.80. The SMILES string of the molecule is CC(C)c1cccc(C(C)C)c1NC(=O)CCN1CCN(CCSc2nc3ccccc3o2)CC1. The smallest absolute Gasteiger partial charge is 0.256 e. The van der Waals surface area contributed by atoms with Gasteiger partial charge in [0, 0.05) is 57.1 Å². The van der Waals surface area contributed by atoms with E-state index < -0.39 is 0 Å². The Bertz CT molecular complexity index is 1060. The number of amides is 1. The highest BCUT2D eigenvalue weighted by atomic mass is 32.2. The maximum Gasteiger partial charge on any atom is 0.256 e. The molecule has 2 aromatic carbocycles. The summed E-state index contributed by atoms with van der Waals surface area (Å²) in [6.45, 7) is 14.6. The van der Waals surface area contributed by atoms with Crippen molar-refractivity contribution in [2.24, 2.45) is 0 Å². The van der Waals surface area contributed by atoms with Crippen LogP contribution in [0.1, 0.15) is 57.1 Å². The average molecular weight is 495 g/mol. The Kier molecular flexibility index (Phi) is 8.87. The molecule has 0 spiro atoms. The van der Waals surface area contributed by atoms with E-state index in [1.165, 1.54) is 11.1 Å². The highest BCUT2D eigenvalue weighted by Crippen LogP contribution is 2.32. The molecule has 1 amide bonds. The first-order chi connectivity index (χ1) is 16.9. The minimum absolute atomic E-state index is 0.108. The minimum Gasteiger partial charge on any atom is -0.431 e. The fourth-order valence-electron chi connectivity index (χ4n) is 4.57. The van der Waals surface area contributed by atoms with Crippen molar-refractivity contribution in [2.45, 2.75) is 51.2 Å². The maximum absolute atomic E-state index is 12.8. The molecule has 0 unspecified atom stereocenters. The Morgan fingerprint density at radius 2 is 1.57 bits per heavy atom. The van der Waals surface area contributed by atoms with Crippen LogP contribution in [0, 0.1) is 0 Å². The number of thioether (sulfide) groups is 1. The van der Waals surface area contributed by atoms with E-state index in [-0.39, 0.29) is 5.91 Å². The Morgan fingerprint density at radius 3 is 2.20 bits per heavy atom. The van der Waals surface area contributed by atoms with Crippen LogP contribution in [0.4, 0.5) is 5.69 Å². The van der Waals surface area contributed by atoms with Gasteiger partial charge in [0.2, 0.25) is 5.91 Å². The van der Waals surface area contributed by atoms with E-state index in [1.807, 2.05) is 24.3 Å². The number of hydrogen-bond acceptors (Lipinski definition) is 6. The molecule has 1 fully saturated rings. The van der Waals surface area contributed by atoms with Crippen molar-refractivity contribution in [1.29, 1.82) is 0 Å². The molecule has 1 aromatic heterocycles. The first-order valence-corrected chi connectivity index (χ1v) is 13.7. The van der Waals surface area contributed by atoms with Gasteiger partial charge < -0.3 is 14.6 Å². The average Bonchev–Trinajstić information content (AvgIpc) is 3.26. The molecule has 0 atom stereocenters. The summed E-state index contributed by atoms with van der Waals surface area (Å²) in [4.78, 5) is 22.3. The number of para-hydroxylation sites is 3. The zero-order chi connectivity index (χ0) is 24.8. The Labute approximate surface area is 213 Å². The predicted octanol–water partition coefficient (Wildman–Crippen LogP) is 5.81. The summed E-state index contributed by atoms with van der Waals surface area (Å²) in [5, 5.41) is 4.00.